The van der Waals surface area contributed by atoms with Gasteiger partial charge in [-0.15, -0.1) is 0 Å². The average molecular weight is 237 g/mol. The van der Waals surface area contributed by atoms with Gasteiger partial charge in [-0.25, -0.2) is 0 Å². The smallest absolute Gasteiger partial charge is 0.119 e. The van der Waals surface area contributed by atoms with Crippen LogP contribution in [0.25, 0.3) is 0 Å². The first-order chi connectivity index (χ1) is 8.17. The summed E-state index contributed by atoms with van der Waals surface area (Å²) in [5, 5.41) is 12.3. The lowest BCUT2D eigenvalue weighted by molar-refractivity contribution is 0.264. The van der Waals surface area contributed by atoms with Gasteiger partial charge < -0.3 is 15.2 Å². The SMILES string of the molecule is CCOc1ccc(C(C)NC(C)CCO)cc1. The number of benzene rings is 1. The molecule has 17 heavy (non-hydrogen) atoms. The Morgan fingerprint density at radius 1 is 1.24 bits per heavy atom. The molecule has 2 atom stereocenters. The van der Waals surface area contributed by atoms with Gasteiger partial charge in [0, 0.05) is 18.7 Å². The predicted octanol–water partition coefficient (Wildman–Crippen LogP) is 2.51. The normalized spacial score (nSPS) is 14.4. The molecule has 1 rings (SSSR count). The van der Waals surface area contributed by atoms with Gasteiger partial charge in [0.25, 0.3) is 0 Å². The largest absolute Gasteiger partial charge is 0.494 e. The van der Waals surface area contributed by atoms with Crippen LogP contribution in [-0.4, -0.2) is 24.4 Å². The van der Waals surface area contributed by atoms with Gasteiger partial charge in [0.1, 0.15) is 5.75 Å². The van der Waals surface area contributed by atoms with E-state index < -0.39 is 0 Å². The molecular formula is C14H23NO2. The first kappa shape index (κ1) is 14.0. The average Bonchev–Trinajstić information content (AvgIpc) is 2.30. The van der Waals surface area contributed by atoms with Crippen LogP contribution in [0.15, 0.2) is 24.3 Å². The van der Waals surface area contributed by atoms with Crippen LogP contribution in [0.2, 0.25) is 0 Å². The van der Waals surface area contributed by atoms with E-state index in [1.54, 1.807) is 0 Å². The molecule has 2 unspecified atom stereocenters. The van der Waals surface area contributed by atoms with Gasteiger partial charge in [-0.2, -0.15) is 0 Å². The van der Waals surface area contributed by atoms with Crippen LogP contribution in [0.4, 0.5) is 0 Å². The first-order valence-corrected chi connectivity index (χ1v) is 6.27. The first-order valence-electron chi connectivity index (χ1n) is 6.27. The molecule has 3 nitrogen and oxygen atoms in total. The highest BCUT2D eigenvalue weighted by atomic mass is 16.5. The molecule has 0 bridgehead atoms. The second-order valence-corrected chi connectivity index (χ2v) is 4.30. The third-order valence-electron chi connectivity index (χ3n) is 2.79. The molecule has 2 N–H and O–H groups in total. The molecule has 0 aliphatic heterocycles. The van der Waals surface area contributed by atoms with Crippen molar-refractivity contribution in [2.45, 2.75) is 39.3 Å². The summed E-state index contributed by atoms with van der Waals surface area (Å²) in [6, 6.07) is 8.75. The third kappa shape index (κ3) is 4.75. The molecule has 1 aromatic carbocycles. The highest BCUT2D eigenvalue weighted by molar-refractivity contribution is 5.28. The van der Waals surface area contributed by atoms with Gasteiger partial charge in [-0.1, -0.05) is 12.1 Å². The maximum absolute atomic E-state index is 8.86. The highest BCUT2D eigenvalue weighted by Gasteiger charge is 2.08. The molecule has 96 valence electrons. The summed E-state index contributed by atoms with van der Waals surface area (Å²) in [5.41, 5.74) is 1.23. The molecule has 1 aromatic rings. The zero-order valence-corrected chi connectivity index (χ0v) is 10.9. The summed E-state index contributed by atoms with van der Waals surface area (Å²) in [4.78, 5) is 0. The van der Waals surface area contributed by atoms with Crippen LogP contribution < -0.4 is 10.1 Å². The third-order valence-corrected chi connectivity index (χ3v) is 2.79. The number of aliphatic hydroxyl groups is 1. The van der Waals surface area contributed by atoms with Crippen LogP contribution in [-0.2, 0) is 0 Å². The van der Waals surface area contributed by atoms with Crippen LogP contribution in [0, 0.1) is 0 Å². The van der Waals surface area contributed by atoms with Crippen molar-refractivity contribution >= 4 is 0 Å². The zero-order chi connectivity index (χ0) is 12.7. The fourth-order valence-corrected chi connectivity index (χ4v) is 1.82. The van der Waals surface area contributed by atoms with E-state index in [0.717, 1.165) is 12.2 Å². The molecule has 0 radical (unpaired) electrons. The Balaban J connectivity index is 2.53. The van der Waals surface area contributed by atoms with E-state index in [9.17, 15) is 0 Å². The molecule has 0 saturated heterocycles. The summed E-state index contributed by atoms with van der Waals surface area (Å²) < 4.78 is 5.41. The molecule has 0 heterocycles. The van der Waals surface area contributed by atoms with Crippen LogP contribution in [0.3, 0.4) is 0 Å². The van der Waals surface area contributed by atoms with Crippen LogP contribution in [0.1, 0.15) is 38.8 Å². The maximum atomic E-state index is 8.86. The van der Waals surface area contributed by atoms with Crippen molar-refractivity contribution in [3.05, 3.63) is 29.8 Å². The molecule has 0 saturated carbocycles. The summed E-state index contributed by atoms with van der Waals surface area (Å²) in [6.45, 7) is 7.12. The Morgan fingerprint density at radius 3 is 2.41 bits per heavy atom. The minimum absolute atomic E-state index is 0.226. The van der Waals surface area contributed by atoms with E-state index in [1.165, 1.54) is 5.56 Å². The summed E-state index contributed by atoms with van der Waals surface area (Å²) in [7, 11) is 0. The Morgan fingerprint density at radius 2 is 1.88 bits per heavy atom. The zero-order valence-electron chi connectivity index (χ0n) is 10.9. The van der Waals surface area contributed by atoms with Gasteiger partial charge in [-0.3, -0.25) is 0 Å². The number of hydrogen-bond acceptors (Lipinski definition) is 3. The monoisotopic (exact) mass is 237 g/mol. The van der Waals surface area contributed by atoms with Crippen molar-refractivity contribution in [1.29, 1.82) is 0 Å². The minimum Gasteiger partial charge on any atom is -0.494 e. The molecule has 0 spiro atoms. The number of aliphatic hydroxyl groups excluding tert-OH is 1. The number of rotatable bonds is 7. The van der Waals surface area contributed by atoms with Crippen LogP contribution in [0.5, 0.6) is 5.75 Å². The molecule has 0 aromatic heterocycles. The van der Waals surface area contributed by atoms with E-state index in [-0.39, 0.29) is 12.6 Å². The van der Waals surface area contributed by atoms with Crippen molar-refractivity contribution in [3.8, 4) is 5.75 Å². The Labute approximate surface area is 104 Å². The van der Waals surface area contributed by atoms with Gasteiger partial charge in [0.05, 0.1) is 6.61 Å². The van der Waals surface area contributed by atoms with Crippen molar-refractivity contribution in [1.82, 2.24) is 5.32 Å². The van der Waals surface area contributed by atoms with Gasteiger partial charge >= 0.3 is 0 Å². The second-order valence-electron chi connectivity index (χ2n) is 4.30. The van der Waals surface area contributed by atoms with Crippen LogP contribution >= 0.6 is 0 Å². The van der Waals surface area contributed by atoms with Crippen molar-refractivity contribution in [3.63, 3.8) is 0 Å². The Hall–Kier alpha value is -1.06. The predicted molar refractivity (Wildman–Crippen MR) is 70.3 cm³/mol. The summed E-state index contributed by atoms with van der Waals surface area (Å²) in [5.74, 6) is 0.909. The lowest BCUT2D eigenvalue weighted by atomic mass is 10.1. The fourth-order valence-electron chi connectivity index (χ4n) is 1.82. The fraction of sp³-hybridized carbons (Fsp3) is 0.571. The van der Waals surface area contributed by atoms with Crippen molar-refractivity contribution in [2.24, 2.45) is 0 Å². The summed E-state index contributed by atoms with van der Waals surface area (Å²) in [6.07, 6.45) is 0.779. The number of hydrogen-bond donors (Lipinski definition) is 2. The van der Waals surface area contributed by atoms with Crippen molar-refractivity contribution < 1.29 is 9.84 Å². The van der Waals surface area contributed by atoms with Gasteiger partial charge in [-0.05, 0) is 44.9 Å². The number of ether oxygens (including phenoxy) is 1. The lowest BCUT2D eigenvalue weighted by Gasteiger charge is -2.20. The van der Waals surface area contributed by atoms with E-state index in [0.29, 0.717) is 12.6 Å². The maximum Gasteiger partial charge on any atom is 0.119 e. The standard InChI is InChI=1S/C14H23NO2/c1-4-17-14-7-5-13(6-8-14)12(3)15-11(2)9-10-16/h5-8,11-12,15-16H,4,9-10H2,1-3H3. The molecule has 0 aliphatic carbocycles. The molecule has 3 heteroatoms. The van der Waals surface area contributed by atoms with Crippen molar-refractivity contribution in [2.75, 3.05) is 13.2 Å². The van der Waals surface area contributed by atoms with Gasteiger partial charge in [0.15, 0.2) is 0 Å². The Kier molecular flexibility index (Phi) is 6.01. The topological polar surface area (TPSA) is 41.5 Å². The molecule has 0 amide bonds. The molecule has 0 aliphatic rings. The van der Waals surface area contributed by atoms with E-state index in [4.69, 9.17) is 9.84 Å². The van der Waals surface area contributed by atoms with E-state index in [2.05, 4.69) is 31.3 Å². The minimum atomic E-state index is 0.226. The quantitative estimate of drug-likeness (QED) is 0.765. The molecular weight excluding hydrogens is 214 g/mol. The Bertz CT molecular complexity index is 311. The second kappa shape index (κ2) is 7.30. The summed E-state index contributed by atoms with van der Waals surface area (Å²) >= 11 is 0. The number of nitrogens with one attached hydrogen (secondary N) is 1. The highest BCUT2D eigenvalue weighted by Crippen LogP contribution is 2.18. The van der Waals surface area contributed by atoms with E-state index >= 15 is 0 Å². The lowest BCUT2D eigenvalue weighted by Crippen LogP contribution is -2.29. The molecule has 0 fully saturated rings. The van der Waals surface area contributed by atoms with Gasteiger partial charge in [0.2, 0.25) is 0 Å². The van der Waals surface area contributed by atoms with E-state index in [1.807, 2.05) is 19.1 Å².